The molecule has 1 fully saturated rings. The van der Waals surface area contributed by atoms with Gasteiger partial charge in [-0.2, -0.15) is 0 Å². The van der Waals surface area contributed by atoms with E-state index in [9.17, 15) is 9.18 Å². The number of carbonyl (C=O) groups excluding carboxylic acids is 1. The van der Waals surface area contributed by atoms with Crippen molar-refractivity contribution in [3.8, 4) is 0 Å². The molecule has 1 aromatic heterocycles. The van der Waals surface area contributed by atoms with Crippen molar-refractivity contribution in [2.24, 2.45) is 0 Å². The molecule has 0 unspecified atom stereocenters. The molecule has 0 spiro atoms. The van der Waals surface area contributed by atoms with Gasteiger partial charge in [0.25, 0.3) is 0 Å². The van der Waals surface area contributed by atoms with Gasteiger partial charge in [0, 0.05) is 56.7 Å². The Balaban J connectivity index is 1.38. The number of rotatable bonds is 5. The molecule has 1 aliphatic rings. The number of anilines is 2. The Morgan fingerprint density at radius 1 is 1.19 bits per heavy atom. The molecule has 0 saturated carbocycles. The number of nitrogens with one attached hydrogen (secondary N) is 2. The van der Waals surface area contributed by atoms with Crippen LogP contribution in [0.25, 0.3) is 0 Å². The predicted octanol–water partition coefficient (Wildman–Crippen LogP) is 2.21. The van der Waals surface area contributed by atoms with Crippen molar-refractivity contribution in [1.82, 2.24) is 20.2 Å². The van der Waals surface area contributed by atoms with Crippen LogP contribution in [-0.2, 0) is 0 Å². The molecule has 0 radical (unpaired) electrons. The number of urea groups is 1. The molecule has 0 bridgehead atoms. The summed E-state index contributed by atoms with van der Waals surface area (Å²) in [5.41, 5.74) is 0.0616. The van der Waals surface area contributed by atoms with Crippen LogP contribution in [0.4, 0.5) is 20.8 Å². The molecule has 138 valence electrons. The molecule has 9 heteroatoms. The van der Waals surface area contributed by atoms with Crippen LogP contribution in [0.5, 0.6) is 0 Å². The molecule has 2 N–H and O–H groups in total. The molecule has 2 heterocycles. The summed E-state index contributed by atoms with van der Waals surface area (Å²) in [6.07, 6.45) is 3.47. The van der Waals surface area contributed by atoms with E-state index in [4.69, 9.17) is 11.6 Å². The molecule has 26 heavy (non-hydrogen) atoms. The average Bonchev–Trinajstić information content (AvgIpc) is 2.66. The zero-order valence-electron chi connectivity index (χ0n) is 14.2. The van der Waals surface area contributed by atoms with Crippen molar-refractivity contribution in [2.75, 3.05) is 49.5 Å². The second kappa shape index (κ2) is 8.77. The van der Waals surface area contributed by atoms with Crippen molar-refractivity contribution in [1.29, 1.82) is 0 Å². The van der Waals surface area contributed by atoms with Crippen LogP contribution in [0.2, 0.25) is 5.02 Å². The molecule has 7 nitrogen and oxygen atoms in total. The maximum Gasteiger partial charge on any atom is 0.319 e. The summed E-state index contributed by atoms with van der Waals surface area (Å²) in [6.45, 7) is 4.59. The van der Waals surface area contributed by atoms with Crippen molar-refractivity contribution >= 4 is 29.3 Å². The van der Waals surface area contributed by atoms with Gasteiger partial charge < -0.3 is 15.5 Å². The Hall–Kier alpha value is -2.45. The van der Waals surface area contributed by atoms with E-state index >= 15 is 0 Å². The van der Waals surface area contributed by atoms with Gasteiger partial charge in [0.2, 0.25) is 5.95 Å². The summed E-state index contributed by atoms with van der Waals surface area (Å²) in [5.74, 6) is 0.219. The van der Waals surface area contributed by atoms with Crippen molar-refractivity contribution in [2.45, 2.75) is 0 Å². The summed E-state index contributed by atoms with van der Waals surface area (Å²) < 4.78 is 13.6. The molecule has 0 aliphatic carbocycles. The van der Waals surface area contributed by atoms with Gasteiger partial charge in [-0.3, -0.25) is 4.90 Å². The maximum absolute atomic E-state index is 13.6. The normalized spacial score (nSPS) is 14.9. The smallest absolute Gasteiger partial charge is 0.319 e. The van der Waals surface area contributed by atoms with Crippen LogP contribution in [0, 0.1) is 5.82 Å². The number of halogens is 2. The van der Waals surface area contributed by atoms with Gasteiger partial charge in [0.15, 0.2) is 0 Å². The number of amides is 2. The highest BCUT2D eigenvalue weighted by Gasteiger charge is 2.18. The Bertz CT molecular complexity index is 739. The van der Waals surface area contributed by atoms with Gasteiger partial charge in [-0.05, 0) is 24.3 Å². The Kier molecular flexibility index (Phi) is 6.19. The van der Waals surface area contributed by atoms with Crippen molar-refractivity contribution < 1.29 is 9.18 Å². The number of hydrogen-bond donors (Lipinski definition) is 2. The standard InChI is InChI=1S/C17H20ClFN6O/c18-13-2-3-14(19)15(12-13)23-17(26)22-6-7-24-8-10-25(11-9-24)16-20-4-1-5-21-16/h1-5,12H,6-11H2,(H2,22,23,26). The summed E-state index contributed by atoms with van der Waals surface area (Å²) >= 11 is 5.80. The molecule has 2 amide bonds. The van der Waals surface area contributed by atoms with Crippen LogP contribution in [0.1, 0.15) is 0 Å². The summed E-state index contributed by atoms with van der Waals surface area (Å²) in [4.78, 5) is 24.8. The molecular weight excluding hydrogens is 359 g/mol. The molecule has 3 rings (SSSR count). The predicted molar refractivity (Wildman–Crippen MR) is 99.1 cm³/mol. The van der Waals surface area contributed by atoms with E-state index < -0.39 is 11.8 Å². The topological polar surface area (TPSA) is 73.4 Å². The minimum Gasteiger partial charge on any atom is -0.338 e. The number of aromatic nitrogens is 2. The highest BCUT2D eigenvalue weighted by atomic mass is 35.5. The van der Waals surface area contributed by atoms with E-state index in [1.165, 1.54) is 18.2 Å². The van der Waals surface area contributed by atoms with Gasteiger partial charge in [-0.25, -0.2) is 19.2 Å². The lowest BCUT2D eigenvalue weighted by Crippen LogP contribution is -2.49. The van der Waals surface area contributed by atoms with E-state index in [-0.39, 0.29) is 5.69 Å². The molecule has 1 aliphatic heterocycles. The number of hydrogen-bond acceptors (Lipinski definition) is 5. The lowest BCUT2D eigenvalue weighted by Gasteiger charge is -2.34. The Morgan fingerprint density at radius 3 is 2.65 bits per heavy atom. The highest BCUT2D eigenvalue weighted by Crippen LogP contribution is 2.19. The zero-order chi connectivity index (χ0) is 18.4. The number of piperazine rings is 1. The minimum absolute atomic E-state index is 0.0616. The lowest BCUT2D eigenvalue weighted by molar-refractivity contribution is 0.240. The number of nitrogens with zero attached hydrogens (tertiary/aromatic N) is 4. The summed E-state index contributed by atoms with van der Waals surface area (Å²) in [7, 11) is 0. The van der Waals surface area contributed by atoms with Crippen LogP contribution in [0.3, 0.4) is 0 Å². The van der Waals surface area contributed by atoms with Crippen LogP contribution >= 0.6 is 11.6 Å². The molecule has 0 atom stereocenters. The highest BCUT2D eigenvalue weighted by molar-refractivity contribution is 6.30. The summed E-state index contributed by atoms with van der Waals surface area (Å²) in [6, 6.07) is 5.36. The number of benzene rings is 1. The quantitative estimate of drug-likeness (QED) is 0.834. The first-order valence-corrected chi connectivity index (χ1v) is 8.74. The van der Waals surface area contributed by atoms with E-state index in [1.54, 1.807) is 18.5 Å². The van der Waals surface area contributed by atoms with Gasteiger partial charge in [-0.15, -0.1) is 0 Å². The van der Waals surface area contributed by atoms with Gasteiger partial charge >= 0.3 is 6.03 Å². The van der Waals surface area contributed by atoms with Gasteiger partial charge in [-0.1, -0.05) is 11.6 Å². The second-order valence-corrected chi connectivity index (χ2v) is 6.32. The number of carbonyl (C=O) groups is 1. The SMILES string of the molecule is O=C(NCCN1CCN(c2ncccn2)CC1)Nc1cc(Cl)ccc1F. The average molecular weight is 379 g/mol. The molecule has 1 aromatic carbocycles. The minimum atomic E-state index is -0.524. The third kappa shape index (κ3) is 5.03. The third-order valence-corrected chi connectivity index (χ3v) is 4.33. The second-order valence-electron chi connectivity index (χ2n) is 5.88. The van der Waals surface area contributed by atoms with Crippen molar-refractivity contribution in [3.05, 3.63) is 47.5 Å². The first-order chi connectivity index (χ1) is 12.6. The van der Waals surface area contributed by atoms with E-state index in [0.717, 1.165) is 38.7 Å². The Labute approximate surface area is 156 Å². The van der Waals surface area contributed by atoms with Crippen LogP contribution < -0.4 is 15.5 Å². The van der Waals surface area contributed by atoms with E-state index in [1.807, 2.05) is 0 Å². The van der Waals surface area contributed by atoms with E-state index in [2.05, 4.69) is 30.4 Å². The Morgan fingerprint density at radius 2 is 1.92 bits per heavy atom. The molecule has 2 aromatic rings. The van der Waals surface area contributed by atoms with Gasteiger partial charge in [0.1, 0.15) is 5.82 Å². The first-order valence-electron chi connectivity index (χ1n) is 8.36. The fourth-order valence-corrected chi connectivity index (χ4v) is 2.89. The fourth-order valence-electron chi connectivity index (χ4n) is 2.71. The van der Waals surface area contributed by atoms with Crippen LogP contribution in [0.15, 0.2) is 36.7 Å². The lowest BCUT2D eigenvalue weighted by atomic mass is 10.3. The van der Waals surface area contributed by atoms with Crippen molar-refractivity contribution in [3.63, 3.8) is 0 Å². The van der Waals surface area contributed by atoms with E-state index in [0.29, 0.717) is 11.6 Å². The molecule has 1 saturated heterocycles. The third-order valence-electron chi connectivity index (χ3n) is 4.10. The van der Waals surface area contributed by atoms with Gasteiger partial charge in [0.05, 0.1) is 5.69 Å². The molecular formula is C17H20ClFN6O. The fraction of sp³-hybridized carbons (Fsp3) is 0.353. The summed E-state index contributed by atoms with van der Waals surface area (Å²) in [5, 5.41) is 5.56. The monoisotopic (exact) mass is 378 g/mol. The maximum atomic E-state index is 13.6. The van der Waals surface area contributed by atoms with Crippen LogP contribution in [-0.4, -0.2) is 60.2 Å². The first kappa shape index (κ1) is 18.3. The largest absolute Gasteiger partial charge is 0.338 e. The zero-order valence-corrected chi connectivity index (χ0v) is 14.9.